The van der Waals surface area contributed by atoms with E-state index >= 15 is 0 Å². The maximum absolute atomic E-state index is 12.6. The van der Waals surface area contributed by atoms with Crippen molar-refractivity contribution in [2.45, 2.75) is 44.2 Å². The van der Waals surface area contributed by atoms with Crippen molar-refractivity contribution in [2.24, 2.45) is 0 Å². The molecule has 29 heavy (non-hydrogen) atoms. The summed E-state index contributed by atoms with van der Waals surface area (Å²) >= 11 is 0. The number of benzene rings is 1. The van der Waals surface area contributed by atoms with E-state index in [2.05, 4.69) is 14.8 Å². The highest BCUT2D eigenvalue weighted by molar-refractivity contribution is 5.81. The minimum Gasteiger partial charge on any atom is -0.389 e. The Morgan fingerprint density at radius 2 is 1.90 bits per heavy atom. The number of anilines is 1. The molecule has 7 heteroatoms. The summed E-state index contributed by atoms with van der Waals surface area (Å²) in [6.45, 7) is 5.54. The van der Waals surface area contributed by atoms with Crippen LogP contribution in [0.3, 0.4) is 0 Å². The minimum atomic E-state index is -0.490. The number of aliphatic hydroxyl groups is 1. The molecule has 0 spiro atoms. The van der Waals surface area contributed by atoms with Crippen molar-refractivity contribution in [1.82, 2.24) is 14.5 Å². The lowest BCUT2D eigenvalue weighted by Crippen LogP contribution is -2.52. The van der Waals surface area contributed by atoms with Crippen LogP contribution in [0.1, 0.15) is 32.1 Å². The summed E-state index contributed by atoms with van der Waals surface area (Å²) in [5.74, 6) is 0. The van der Waals surface area contributed by atoms with Gasteiger partial charge in [0, 0.05) is 45.5 Å². The van der Waals surface area contributed by atoms with Crippen molar-refractivity contribution in [2.75, 3.05) is 51.3 Å². The van der Waals surface area contributed by atoms with Crippen LogP contribution in [0, 0.1) is 0 Å². The Balaban J connectivity index is 1.41. The van der Waals surface area contributed by atoms with Gasteiger partial charge in [-0.3, -0.25) is 14.3 Å². The normalized spacial score (nSPS) is 20.3. The summed E-state index contributed by atoms with van der Waals surface area (Å²) in [6.07, 6.45) is 7.03. The molecule has 1 aromatic heterocycles. The van der Waals surface area contributed by atoms with Gasteiger partial charge < -0.3 is 14.7 Å². The summed E-state index contributed by atoms with van der Waals surface area (Å²) in [7, 11) is 1.63. The molecule has 0 bridgehead atoms. The van der Waals surface area contributed by atoms with Gasteiger partial charge in [-0.05, 0) is 31.0 Å². The third kappa shape index (κ3) is 4.63. The lowest BCUT2D eigenvalue weighted by atomic mass is 9.84. The molecule has 1 aliphatic carbocycles. The zero-order chi connectivity index (χ0) is 20.3. The number of hydrogen-bond donors (Lipinski definition) is 1. The van der Waals surface area contributed by atoms with Crippen molar-refractivity contribution in [3.05, 3.63) is 34.9 Å². The van der Waals surface area contributed by atoms with Crippen LogP contribution in [0.25, 0.3) is 10.9 Å². The molecule has 158 valence electrons. The highest BCUT2D eigenvalue weighted by atomic mass is 16.5. The third-order valence-corrected chi connectivity index (χ3v) is 6.38. The summed E-state index contributed by atoms with van der Waals surface area (Å²) in [5, 5.41) is 11.5. The monoisotopic (exact) mass is 400 g/mol. The van der Waals surface area contributed by atoms with E-state index in [9.17, 15) is 9.90 Å². The SMILES string of the molecule is COCCn1cnc2cc(N3CCN(CC4(O)CCCCC4)CC3)ccc2c1=O. The highest BCUT2D eigenvalue weighted by Gasteiger charge is 2.32. The molecule has 0 unspecified atom stereocenters. The summed E-state index contributed by atoms with van der Waals surface area (Å²) in [5.41, 5.74) is 1.33. The molecule has 0 radical (unpaired) electrons. The Kier molecular flexibility index (Phi) is 6.18. The average Bonchev–Trinajstić information content (AvgIpc) is 2.74. The molecule has 4 rings (SSSR count). The quantitative estimate of drug-likeness (QED) is 0.798. The maximum atomic E-state index is 12.6. The van der Waals surface area contributed by atoms with E-state index in [0.717, 1.165) is 69.6 Å². The zero-order valence-electron chi connectivity index (χ0n) is 17.3. The largest absolute Gasteiger partial charge is 0.389 e. The Morgan fingerprint density at radius 1 is 1.14 bits per heavy atom. The first kappa shape index (κ1) is 20.3. The predicted octanol–water partition coefficient (Wildman–Crippen LogP) is 1.86. The van der Waals surface area contributed by atoms with E-state index in [1.165, 1.54) is 6.42 Å². The van der Waals surface area contributed by atoms with Gasteiger partial charge >= 0.3 is 0 Å². The van der Waals surface area contributed by atoms with Crippen molar-refractivity contribution < 1.29 is 9.84 Å². The van der Waals surface area contributed by atoms with Gasteiger partial charge in [-0.2, -0.15) is 0 Å². The first-order chi connectivity index (χ1) is 14.1. The van der Waals surface area contributed by atoms with Crippen LogP contribution in [0.4, 0.5) is 5.69 Å². The topological polar surface area (TPSA) is 70.8 Å². The number of aromatic nitrogens is 2. The Hall–Kier alpha value is -1.96. The van der Waals surface area contributed by atoms with E-state index in [0.29, 0.717) is 18.5 Å². The van der Waals surface area contributed by atoms with Crippen molar-refractivity contribution >= 4 is 16.6 Å². The number of piperazine rings is 1. The van der Waals surface area contributed by atoms with Gasteiger partial charge in [-0.25, -0.2) is 4.98 Å². The number of β-amino-alcohol motifs (C(OH)–C–C–N with tert-alkyl or cyclic N) is 1. The molecule has 1 saturated heterocycles. The number of hydrogen-bond acceptors (Lipinski definition) is 6. The maximum Gasteiger partial charge on any atom is 0.261 e. The Labute approximate surface area is 171 Å². The number of rotatable bonds is 6. The van der Waals surface area contributed by atoms with Gasteiger partial charge in [0.1, 0.15) is 0 Å². The lowest BCUT2D eigenvalue weighted by Gasteiger charge is -2.41. The first-order valence-corrected chi connectivity index (χ1v) is 10.8. The smallest absolute Gasteiger partial charge is 0.261 e. The van der Waals surface area contributed by atoms with E-state index in [4.69, 9.17) is 4.74 Å². The van der Waals surface area contributed by atoms with Crippen LogP contribution in [-0.2, 0) is 11.3 Å². The van der Waals surface area contributed by atoms with Crippen LogP contribution in [0.5, 0.6) is 0 Å². The van der Waals surface area contributed by atoms with Crippen molar-refractivity contribution in [3.8, 4) is 0 Å². The minimum absolute atomic E-state index is 0.0239. The number of fused-ring (bicyclic) bond motifs is 1. The average molecular weight is 401 g/mol. The molecular weight excluding hydrogens is 368 g/mol. The molecule has 1 aromatic carbocycles. The molecule has 7 nitrogen and oxygen atoms in total. The van der Waals surface area contributed by atoms with Crippen LogP contribution < -0.4 is 10.5 Å². The summed E-state index contributed by atoms with van der Waals surface area (Å²) in [6, 6.07) is 5.93. The fourth-order valence-electron chi connectivity index (χ4n) is 4.64. The standard InChI is InChI=1S/C22H32N4O3/c1-29-14-13-26-17-23-20-15-18(5-6-19(20)21(26)27)25-11-9-24(10-12-25)16-22(28)7-3-2-4-8-22/h5-6,15,17,28H,2-4,7-14,16H2,1H3. The second-order valence-corrected chi connectivity index (χ2v) is 8.49. The zero-order valence-corrected chi connectivity index (χ0v) is 17.3. The molecule has 1 aliphatic heterocycles. The van der Waals surface area contributed by atoms with Crippen LogP contribution in [0.15, 0.2) is 29.3 Å². The van der Waals surface area contributed by atoms with E-state index in [1.54, 1.807) is 18.0 Å². The molecular formula is C22H32N4O3. The van der Waals surface area contributed by atoms with Crippen molar-refractivity contribution in [3.63, 3.8) is 0 Å². The summed E-state index contributed by atoms with van der Waals surface area (Å²) < 4.78 is 6.66. The number of ether oxygens (including phenoxy) is 1. The Bertz CT molecular complexity index is 883. The van der Waals surface area contributed by atoms with Gasteiger partial charge in [0.25, 0.3) is 5.56 Å². The first-order valence-electron chi connectivity index (χ1n) is 10.8. The van der Waals surface area contributed by atoms with E-state index in [-0.39, 0.29) is 5.56 Å². The molecule has 2 aliphatic rings. The second kappa shape index (κ2) is 8.81. The van der Waals surface area contributed by atoms with E-state index < -0.39 is 5.60 Å². The molecule has 2 fully saturated rings. The second-order valence-electron chi connectivity index (χ2n) is 8.49. The van der Waals surface area contributed by atoms with Gasteiger partial charge in [-0.15, -0.1) is 0 Å². The molecule has 2 heterocycles. The van der Waals surface area contributed by atoms with Gasteiger partial charge in [-0.1, -0.05) is 19.3 Å². The van der Waals surface area contributed by atoms with Gasteiger partial charge in [0.05, 0.1) is 36.0 Å². The Morgan fingerprint density at radius 3 is 2.62 bits per heavy atom. The fraction of sp³-hybridized carbons (Fsp3) is 0.636. The molecule has 1 saturated carbocycles. The van der Waals surface area contributed by atoms with Crippen LogP contribution >= 0.6 is 0 Å². The molecule has 1 N–H and O–H groups in total. The van der Waals surface area contributed by atoms with Gasteiger partial charge in [0.15, 0.2) is 0 Å². The predicted molar refractivity (Wildman–Crippen MR) is 115 cm³/mol. The molecule has 2 aromatic rings. The van der Waals surface area contributed by atoms with E-state index in [1.807, 2.05) is 18.2 Å². The lowest BCUT2D eigenvalue weighted by molar-refractivity contribution is -0.0271. The number of nitrogens with zero attached hydrogens (tertiary/aromatic N) is 4. The summed E-state index contributed by atoms with van der Waals surface area (Å²) in [4.78, 5) is 21.8. The molecule has 0 amide bonds. The number of methoxy groups -OCH3 is 1. The molecule has 0 atom stereocenters. The highest BCUT2D eigenvalue weighted by Crippen LogP contribution is 2.29. The van der Waals surface area contributed by atoms with Crippen molar-refractivity contribution in [1.29, 1.82) is 0 Å². The van der Waals surface area contributed by atoms with Crippen LogP contribution in [-0.4, -0.2) is 71.6 Å². The van der Waals surface area contributed by atoms with Gasteiger partial charge in [0.2, 0.25) is 0 Å². The third-order valence-electron chi connectivity index (χ3n) is 6.38. The van der Waals surface area contributed by atoms with Crippen LogP contribution in [0.2, 0.25) is 0 Å². The fourth-order valence-corrected chi connectivity index (χ4v) is 4.64.